The molecule has 0 aliphatic heterocycles. The van der Waals surface area contributed by atoms with Crippen LogP contribution in [0.5, 0.6) is 0 Å². The molecule has 0 fully saturated rings. The minimum absolute atomic E-state index is 0.266. The molecule has 2 aliphatic rings. The van der Waals surface area contributed by atoms with Crippen LogP contribution in [0.25, 0.3) is 0 Å². The summed E-state index contributed by atoms with van der Waals surface area (Å²) in [5, 5.41) is 0. The van der Waals surface area contributed by atoms with Crippen LogP contribution in [0.2, 0.25) is 0 Å². The van der Waals surface area contributed by atoms with Gasteiger partial charge in [-0.3, -0.25) is 4.55 Å². The van der Waals surface area contributed by atoms with Gasteiger partial charge in [0.15, 0.2) is 0 Å². The van der Waals surface area contributed by atoms with Gasteiger partial charge in [-0.25, -0.2) is 0 Å². The van der Waals surface area contributed by atoms with Crippen LogP contribution in [-0.2, 0) is 10.1 Å². The summed E-state index contributed by atoms with van der Waals surface area (Å²) in [7, 11) is -4.11. The second kappa shape index (κ2) is 4.52. The van der Waals surface area contributed by atoms with Gasteiger partial charge in [0.25, 0.3) is 10.1 Å². The van der Waals surface area contributed by atoms with E-state index in [9.17, 15) is 13.0 Å². The van der Waals surface area contributed by atoms with Crippen molar-refractivity contribution in [1.29, 1.82) is 0 Å². The smallest absolute Gasteiger partial charge is 0.271 e. The zero-order valence-electron chi connectivity index (χ0n) is 10.6. The standard InChI is InChI=1S/C14H18O3S/c1-14(2,18(15,16)17)13(11-7-3-4-8-11)12-9-5-6-10-12/h3-7,9,13H,8,10H2,1-2H3,(H,15,16,17). The molecule has 0 bridgehead atoms. The molecule has 0 aromatic heterocycles. The van der Waals surface area contributed by atoms with Gasteiger partial charge in [0.1, 0.15) is 4.75 Å². The van der Waals surface area contributed by atoms with Crippen LogP contribution in [0.4, 0.5) is 0 Å². The molecule has 0 amide bonds. The van der Waals surface area contributed by atoms with Crippen LogP contribution in [-0.4, -0.2) is 17.7 Å². The van der Waals surface area contributed by atoms with Crippen molar-refractivity contribution in [2.24, 2.45) is 5.92 Å². The zero-order valence-corrected chi connectivity index (χ0v) is 11.4. The third-order valence-corrected chi connectivity index (χ3v) is 5.27. The molecule has 0 aromatic rings. The Balaban J connectivity index is 2.43. The summed E-state index contributed by atoms with van der Waals surface area (Å²) in [4.78, 5) is 0. The molecule has 0 saturated heterocycles. The maximum absolute atomic E-state index is 11.7. The average molecular weight is 266 g/mol. The van der Waals surface area contributed by atoms with E-state index in [0.717, 1.165) is 24.0 Å². The molecule has 0 saturated carbocycles. The Labute approximate surface area is 108 Å². The normalized spacial score (nSPS) is 19.6. The van der Waals surface area contributed by atoms with Gasteiger partial charge in [0.05, 0.1) is 0 Å². The highest BCUT2D eigenvalue weighted by Gasteiger charge is 2.44. The van der Waals surface area contributed by atoms with Crippen molar-refractivity contribution < 1.29 is 13.0 Å². The van der Waals surface area contributed by atoms with E-state index in [4.69, 9.17) is 0 Å². The molecule has 0 aromatic carbocycles. The quantitative estimate of drug-likeness (QED) is 0.796. The molecular formula is C14H18O3S. The molecule has 0 unspecified atom stereocenters. The summed E-state index contributed by atoms with van der Waals surface area (Å²) in [6, 6.07) is 0. The lowest BCUT2D eigenvalue weighted by Gasteiger charge is -2.34. The average Bonchev–Trinajstić information content (AvgIpc) is 2.88. The molecular weight excluding hydrogens is 248 g/mol. The van der Waals surface area contributed by atoms with Crippen molar-refractivity contribution in [3.8, 4) is 0 Å². The first-order valence-electron chi connectivity index (χ1n) is 6.02. The van der Waals surface area contributed by atoms with Gasteiger partial charge in [-0.05, 0) is 26.7 Å². The lowest BCUT2D eigenvalue weighted by atomic mass is 9.80. The maximum Gasteiger partial charge on any atom is 0.271 e. The summed E-state index contributed by atoms with van der Waals surface area (Å²) in [5.74, 6) is -0.266. The Morgan fingerprint density at radius 3 is 1.83 bits per heavy atom. The van der Waals surface area contributed by atoms with Crippen molar-refractivity contribution in [1.82, 2.24) is 0 Å². The van der Waals surface area contributed by atoms with Gasteiger partial charge in [0, 0.05) is 5.92 Å². The fourth-order valence-corrected chi connectivity index (χ4v) is 3.24. The summed E-state index contributed by atoms with van der Waals surface area (Å²) in [5.41, 5.74) is 2.10. The van der Waals surface area contributed by atoms with E-state index in [1.165, 1.54) is 0 Å². The van der Waals surface area contributed by atoms with E-state index >= 15 is 0 Å². The lowest BCUT2D eigenvalue weighted by Crippen LogP contribution is -2.41. The van der Waals surface area contributed by atoms with E-state index < -0.39 is 14.9 Å². The van der Waals surface area contributed by atoms with Crippen LogP contribution < -0.4 is 0 Å². The highest BCUT2D eigenvalue weighted by Crippen LogP contribution is 2.41. The van der Waals surface area contributed by atoms with Gasteiger partial charge >= 0.3 is 0 Å². The zero-order chi connectivity index (χ0) is 13.4. The first kappa shape index (κ1) is 13.3. The number of hydrogen-bond acceptors (Lipinski definition) is 2. The lowest BCUT2D eigenvalue weighted by molar-refractivity contribution is 0.406. The molecule has 98 valence electrons. The monoisotopic (exact) mass is 266 g/mol. The van der Waals surface area contributed by atoms with Crippen molar-refractivity contribution in [2.75, 3.05) is 0 Å². The van der Waals surface area contributed by atoms with Crippen molar-refractivity contribution in [3.05, 3.63) is 47.6 Å². The minimum Gasteiger partial charge on any atom is -0.285 e. The fraction of sp³-hybridized carbons (Fsp3) is 0.429. The largest absolute Gasteiger partial charge is 0.285 e. The molecule has 1 N–H and O–H groups in total. The van der Waals surface area contributed by atoms with Crippen LogP contribution in [0.3, 0.4) is 0 Å². The Bertz CT molecular complexity index is 530. The third kappa shape index (κ3) is 2.22. The SMILES string of the molecule is CC(C)(C(C1=CC=CC1)C1=CC=CC1)S(=O)(=O)O. The van der Waals surface area contributed by atoms with Gasteiger partial charge in [0.2, 0.25) is 0 Å². The van der Waals surface area contributed by atoms with E-state index in [2.05, 4.69) is 0 Å². The van der Waals surface area contributed by atoms with E-state index in [1.807, 2.05) is 36.5 Å². The summed E-state index contributed by atoms with van der Waals surface area (Å²) in [6.45, 7) is 3.18. The van der Waals surface area contributed by atoms with Gasteiger partial charge in [-0.2, -0.15) is 8.42 Å². The van der Waals surface area contributed by atoms with E-state index in [0.29, 0.717) is 0 Å². The van der Waals surface area contributed by atoms with Gasteiger partial charge in [-0.15, -0.1) is 0 Å². The van der Waals surface area contributed by atoms with Gasteiger partial charge < -0.3 is 0 Å². The molecule has 18 heavy (non-hydrogen) atoms. The number of hydrogen-bond donors (Lipinski definition) is 1. The van der Waals surface area contributed by atoms with Crippen LogP contribution in [0, 0.1) is 5.92 Å². The Morgan fingerprint density at radius 1 is 1.11 bits per heavy atom. The highest BCUT2D eigenvalue weighted by atomic mass is 32.2. The molecule has 3 nitrogen and oxygen atoms in total. The molecule has 0 spiro atoms. The van der Waals surface area contributed by atoms with Crippen LogP contribution >= 0.6 is 0 Å². The van der Waals surface area contributed by atoms with E-state index in [1.54, 1.807) is 13.8 Å². The molecule has 4 heteroatoms. The molecule has 2 rings (SSSR count). The number of rotatable bonds is 4. The maximum atomic E-state index is 11.7. The highest BCUT2D eigenvalue weighted by molar-refractivity contribution is 7.87. The topological polar surface area (TPSA) is 54.4 Å². The third-order valence-electron chi connectivity index (χ3n) is 3.70. The fourth-order valence-electron chi connectivity index (χ4n) is 2.64. The first-order chi connectivity index (χ1) is 8.34. The van der Waals surface area contributed by atoms with Crippen molar-refractivity contribution in [2.45, 2.75) is 31.4 Å². The molecule has 0 heterocycles. The van der Waals surface area contributed by atoms with Crippen molar-refractivity contribution in [3.63, 3.8) is 0 Å². The Morgan fingerprint density at radius 2 is 1.56 bits per heavy atom. The first-order valence-corrected chi connectivity index (χ1v) is 7.46. The minimum atomic E-state index is -4.11. The summed E-state index contributed by atoms with van der Waals surface area (Å²) >= 11 is 0. The second-order valence-electron chi connectivity index (χ2n) is 5.26. The Kier molecular flexibility index (Phi) is 3.34. The van der Waals surface area contributed by atoms with Crippen LogP contribution in [0.1, 0.15) is 26.7 Å². The van der Waals surface area contributed by atoms with E-state index in [-0.39, 0.29) is 5.92 Å². The number of allylic oxidation sites excluding steroid dienone is 8. The molecule has 0 atom stereocenters. The summed E-state index contributed by atoms with van der Waals surface area (Å²) in [6.07, 6.45) is 13.3. The molecule has 2 aliphatic carbocycles. The van der Waals surface area contributed by atoms with Crippen molar-refractivity contribution >= 4 is 10.1 Å². The predicted octanol–water partition coefficient (Wildman–Crippen LogP) is 3.04. The Hall–Kier alpha value is -1.13. The predicted molar refractivity (Wildman–Crippen MR) is 72.8 cm³/mol. The summed E-state index contributed by atoms with van der Waals surface area (Å²) < 4.78 is 31.6. The molecule has 0 radical (unpaired) electrons. The second-order valence-corrected chi connectivity index (χ2v) is 7.26. The van der Waals surface area contributed by atoms with Gasteiger partial charge in [-0.1, -0.05) is 47.6 Å². The van der Waals surface area contributed by atoms with Crippen LogP contribution in [0.15, 0.2) is 47.6 Å².